The van der Waals surface area contributed by atoms with Crippen LogP contribution in [0.1, 0.15) is 29.7 Å². The Hall–Kier alpha value is -2.85. The molecule has 0 fully saturated rings. The predicted molar refractivity (Wildman–Crippen MR) is 116 cm³/mol. The van der Waals surface area contributed by atoms with Gasteiger partial charge in [-0.3, -0.25) is 0 Å². The normalized spacial score (nSPS) is 11.5. The maximum Gasteiger partial charge on any atom is 0.171 e. The highest BCUT2D eigenvalue weighted by atomic mass is 32.1. The van der Waals surface area contributed by atoms with Crippen molar-refractivity contribution in [3.63, 3.8) is 0 Å². The largest absolute Gasteiger partial charge is 0.494 e. The van der Waals surface area contributed by atoms with Crippen molar-refractivity contribution in [2.24, 2.45) is 0 Å². The van der Waals surface area contributed by atoms with Gasteiger partial charge in [-0.2, -0.15) is 0 Å². The third-order valence-electron chi connectivity index (χ3n) is 4.22. The van der Waals surface area contributed by atoms with Crippen molar-refractivity contribution in [2.75, 3.05) is 11.9 Å². The second-order valence-corrected chi connectivity index (χ2v) is 6.72. The van der Waals surface area contributed by atoms with Gasteiger partial charge in [0.15, 0.2) is 5.11 Å². The summed E-state index contributed by atoms with van der Waals surface area (Å²) in [5, 5.41) is 7.28. The molecule has 0 amide bonds. The highest BCUT2D eigenvalue weighted by molar-refractivity contribution is 7.80. The first-order valence-electron chi connectivity index (χ1n) is 9.07. The molecule has 3 rings (SSSR count). The van der Waals surface area contributed by atoms with E-state index in [0.717, 1.165) is 17.0 Å². The predicted octanol–water partition coefficient (Wildman–Crippen LogP) is 5.47. The van der Waals surface area contributed by atoms with E-state index < -0.39 is 0 Å². The molecule has 27 heavy (non-hydrogen) atoms. The molecule has 0 aromatic heterocycles. The maximum atomic E-state index is 5.58. The van der Waals surface area contributed by atoms with E-state index in [2.05, 4.69) is 54.0 Å². The van der Waals surface area contributed by atoms with Gasteiger partial charge in [0.1, 0.15) is 5.75 Å². The minimum atomic E-state index is -0.0260. The molecule has 138 valence electrons. The second-order valence-electron chi connectivity index (χ2n) is 6.31. The molecule has 3 aromatic rings. The van der Waals surface area contributed by atoms with Crippen molar-refractivity contribution in [2.45, 2.75) is 19.9 Å². The number of aryl methyl sites for hydroxylation is 1. The summed E-state index contributed by atoms with van der Waals surface area (Å²) in [6.07, 6.45) is 0. The number of rotatable bonds is 6. The molecule has 0 unspecified atom stereocenters. The first kappa shape index (κ1) is 18.9. The standard InChI is InChI=1S/C23H24N2OS/c1-3-26-21-11-7-10-20(16-21)24-23(27)25-22(18-8-5-4-6-9-18)19-14-12-17(2)13-15-19/h4-16,22H,3H2,1-2H3,(H2,24,25,27)/t22-/m0/s1. The zero-order chi connectivity index (χ0) is 19.1. The Kier molecular flexibility index (Phi) is 6.44. The number of ether oxygens (including phenoxy) is 1. The van der Waals surface area contributed by atoms with E-state index in [-0.39, 0.29) is 6.04 Å². The zero-order valence-corrected chi connectivity index (χ0v) is 16.4. The molecule has 0 spiro atoms. The fraction of sp³-hybridized carbons (Fsp3) is 0.174. The summed E-state index contributed by atoms with van der Waals surface area (Å²) in [5.74, 6) is 0.823. The number of hydrogen-bond acceptors (Lipinski definition) is 2. The monoisotopic (exact) mass is 376 g/mol. The number of hydrogen-bond donors (Lipinski definition) is 2. The van der Waals surface area contributed by atoms with Gasteiger partial charge in [0, 0.05) is 11.8 Å². The summed E-state index contributed by atoms with van der Waals surface area (Å²) in [6.45, 7) is 4.69. The molecule has 0 aliphatic rings. The van der Waals surface area contributed by atoms with E-state index >= 15 is 0 Å². The van der Waals surface area contributed by atoms with Crippen LogP contribution in [0.4, 0.5) is 5.69 Å². The highest BCUT2D eigenvalue weighted by Crippen LogP contribution is 2.23. The van der Waals surface area contributed by atoms with Gasteiger partial charge >= 0.3 is 0 Å². The van der Waals surface area contributed by atoms with Gasteiger partial charge in [-0.25, -0.2) is 0 Å². The molecule has 0 aliphatic heterocycles. The van der Waals surface area contributed by atoms with Crippen LogP contribution >= 0.6 is 12.2 Å². The molecule has 2 N–H and O–H groups in total. The summed E-state index contributed by atoms with van der Waals surface area (Å²) in [7, 11) is 0. The van der Waals surface area contributed by atoms with Crippen LogP contribution in [0, 0.1) is 6.92 Å². The van der Waals surface area contributed by atoms with Gasteiger partial charge in [-0.05, 0) is 49.3 Å². The zero-order valence-electron chi connectivity index (χ0n) is 15.6. The van der Waals surface area contributed by atoms with Gasteiger partial charge in [0.05, 0.1) is 12.6 Å². The summed E-state index contributed by atoms with van der Waals surface area (Å²) < 4.78 is 5.56. The molecule has 0 radical (unpaired) electrons. The molecular formula is C23H24N2OS. The average molecular weight is 377 g/mol. The molecule has 0 aliphatic carbocycles. The summed E-state index contributed by atoms with van der Waals surface area (Å²) in [5.41, 5.74) is 4.46. The number of nitrogens with one attached hydrogen (secondary N) is 2. The number of benzene rings is 3. The lowest BCUT2D eigenvalue weighted by atomic mass is 9.98. The topological polar surface area (TPSA) is 33.3 Å². The van der Waals surface area contributed by atoms with Crippen molar-refractivity contribution < 1.29 is 4.74 Å². The van der Waals surface area contributed by atoms with Crippen molar-refractivity contribution in [1.29, 1.82) is 0 Å². The Morgan fingerprint density at radius 3 is 2.33 bits per heavy atom. The van der Waals surface area contributed by atoms with Gasteiger partial charge in [-0.15, -0.1) is 0 Å². The van der Waals surface area contributed by atoms with Gasteiger partial charge in [-0.1, -0.05) is 66.2 Å². The lowest BCUT2D eigenvalue weighted by molar-refractivity contribution is 0.340. The van der Waals surface area contributed by atoms with E-state index in [1.165, 1.54) is 11.1 Å². The summed E-state index contributed by atoms with van der Waals surface area (Å²) >= 11 is 5.58. The second kappa shape index (κ2) is 9.19. The van der Waals surface area contributed by atoms with E-state index in [1.54, 1.807) is 0 Å². The Labute approximate surface area is 166 Å². The Balaban J connectivity index is 1.78. The van der Waals surface area contributed by atoms with Crippen LogP contribution in [0.5, 0.6) is 5.75 Å². The summed E-state index contributed by atoms with van der Waals surface area (Å²) in [6, 6.07) is 26.6. The molecule has 4 heteroatoms. The molecule has 3 nitrogen and oxygen atoms in total. The SMILES string of the molecule is CCOc1cccc(NC(=S)N[C@@H](c2ccccc2)c2ccc(C)cc2)c1. The summed E-state index contributed by atoms with van der Waals surface area (Å²) in [4.78, 5) is 0. The van der Waals surface area contributed by atoms with E-state index in [4.69, 9.17) is 17.0 Å². The lowest BCUT2D eigenvalue weighted by Crippen LogP contribution is -2.33. The average Bonchev–Trinajstić information content (AvgIpc) is 2.68. The third kappa shape index (κ3) is 5.31. The van der Waals surface area contributed by atoms with Crippen LogP contribution < -0.4 is 15.4 Å². The quantitative estimate of drug-likeness (QED) is 0.559. The fourth-order valence-corrected chi connectivity index (χ4v) is 3.13. The van der Waals surface area contributed by atoms with Crippen molar-refractivity contribution >= 4 is 23.0 Å². The minimum Gasteiger partial charge on any atom is -0.494 e. The first-order chi connectivity index (χ1) is 13.2. The molecule has 0 saturated carbocycles. The number of thiocarbonyl (C=S) groups is 1. The van der Waals surface area contributed by atoms with Crippen LogP contribution in [0.25, 0.3) is 0 Å². The first-order valence-corrected chi connectivity index (χ1v) is 9.48. The fourth-order valence-electron chi connectivity index (χ4n) is 2.89. The van der Waals surface area contributed by atoms with Crippen LogP contribution in [0.15, 0.2) is 78.9 Å². The van der Waals surface area contributed by atoms with Crippen molar-refractivity contribution in [3.05, 3.63) is 95.6 Å². The van der Waals surface area contributed by atoms with E-state index in [9.17, 15) is 0 Å². The van der Waals surface area contributed by atoms with Crippen LogP contribution in [-0.4, -0.2) is 11.7 Å². The van der Waals surface area contributed by atoms with E-state index in [0.29, 0.717) is 11.7 Å². The molecule has 0 saturated heterocycles. The van der Waals surface area contributed by atoms with Crippen molar-refractivity contribution in [1.82, 2.24) is 5.32 Å². The Morgan fingerprint density at radius 1 is 0.926 bits per heavy atom. The molecule has 0 bridgehead atoms. The van der Waals surface area contributed by atoms with Gasteiger partial charge in [0.2, 0.25) is 0 Å². The van der Waals surface area contributed by atoms with Crippen LogP contribution in [-0.2, 0) is 0 Å². The molecule has 1 atom stereocenters. The molecular weight excluding hydrogens is 352 g/mol. The maximum absolute atomic E-state index is 5.58. The lowest BCUT2D eigenvalue weighted by Gasteiger charge is -2.22. The molecule has 3 aromatic carbocycles. The van der Waals surface area contributed by atoms with E-state index in [1.807, 2.05) is 49.4 Å². The van der Waals surface area contributed by atoms with Crippen LogP contribution in [0.2, 0.25) is 0 Å². The van der Waals surface area contributed by atoms with Gasteiger partial charge in [0.25, 0.3) is 0 Å². The van der Waals surface area contributed by atoms with Crippen LogP contribution in [0.3, 0.4) is 0 Å². The molecule has 0 heterocycles. The third-order valence-corrected chi connectivity index (χ3v) is 4.44. The van der Waals surface area contributed by atoms with Crippen molar-refractivity contribution in [3.8, 4) is 5.75 Å². The minimum absolute atomic E-state index is 0.0260. The smallest absolute Gasteiger partial charge is 0.171 e. The Bertz CT molecular complexity index is 878. The Morgan fingerprint density at radius 2 is 1.63 bits per heavy atom. The van der Waals surface area contributed by atoms with Gasteiger partial charge < -0.3 is 15.4 Å². The highest BCUT2D eigenvalue weighted by Gasteiger charge is 2.15. The number of anilines is 1.